The van der Waals surface area contributed by atoms with Crippen molar-refractivity contribution in [2.24, 2.45) is 0 Å². The van der Waals surface area contributed by atoms with Crippen LogP contribution < -0.4 is 20.3 Å². The summed E-state index contributed by atoms with van der Waals surface area (Å²) in [6.07, 6.45) is -2.01. The summed E-state index contributed by atoms with van der Waals surface area (Å²) in [5, 5.41) is 10.8. The average Bonchev–Trinajstić information content (AvgIpc) is 2.70. The van der Waals surface area contributed by atoms with E-state index in [1.807, 2.05) is 0 Å². The molecule has 0 spiro atoms. The van der Waals surface area contributed by atoms with E-state index in [1.54, 1.807) is 6.07 Å². The number of halogens is 3. The Balaban J connectivity index is 2.01. The molecule has 0 aliphatic carbocycles. The highest BCUT2D eigenvalue weighted by Crippen LogP contribution is 2.31. The van der Waals surface area contributed by atoms with E-state index < -0.39 is 30.2 Å². The minimum absolute atomic E-state index is 0.0111. The summed E-state index contributed by atoms with van der Waals surface area (Å²) in [7, 11) is 1.37. The first-order chi connectivity index (χ1) is 13.7. The number of benzene rings is 2. The minimum Gasteiger partial charge on any atom is -0.493 e. The number of carbonyl (C=O) groups is 2. The van der Waals surface area contributed by atoms with Crippen LogP contribution in [0.2, 0.25) is 0 Å². The van der Waals surface area contributed by atoms with E-state index >= 15 is 0 Å². The minimum atomic E-state index is -4.52. The Bertz CT molecular complexity index is 913. The number of alkyl halides is 3. The lowest BCUT2D eigenvalue weighted by Crippen LogP contribution is -2.20. The fraction of sp³-hybridized carbons (Fsp3) is 0.158. The second-order valence-electron chi connectivity index (χ2n) is 5.64. The molecule has 0 unspecified atom stereocenters. The molecule has 0 aliphatic heterocycles. The van der Waals surface area contributed by atoms with Crippen LogP contribution >= 0.6 is 0 Å². The third-order valence-corrected chi connectivity index (χ3v) is 3.56. The van der Waals surface area contributed by atoms with E-state index in [-0.39, 0.29) is 17.2 Å². The molecule has 3 N–H and O–H groups in total. The van der Waals surface area contributed by atoms with Gasteiger partial charge in [-0.3, -0.25) is 14.8 Å². The van der Waals surface area contributed by atoms with Crippen LogP contribution in [-0.4, -0.2) is 30.7 Å². The predicted molar refractivity (Wildman–Crippen MR) is 97.5 cm³/mol. The molecule has 2 aromatic rings. The quantitative estimate of drug-likeness (QED) is 0.370. The number of nitrogens with one attached hydrogen (secondary N) is 2. The fourth-order valence-electron chi connectivity index (χ4n) is 2.23. The Morgan fingerprint density at radius 2 is 1.90 bits per heavy atom. The molecular weight excluding hydrogens is 393 g/mol. The van der Waals surface area contributed by atoms with Crippen molar-refractivity contribution < 1.29 is 37.4 Å². The van der Waals surface area contributed by atoms with Gasteiger partial charge in [0.05, 0.1) is 12.7 Å². The summed E-state index contributed by atoms with van der Waals surface area (Å²) in [5.74, 6) is -0.885. The van der Waals surface area contributed by atoms with Gasteiger partial charge >= 0.3 is 6.18 Å². The molecule has 0 radical (unpaired) electrons. The van der Waals surface area contributed by atoms with Gasteiger partial charge in [-0.15, -0.1) is 0 Å². The Morgan fingerprint density at radius 1 is 1.14 bits per heavy atom. The number of methoxy groups -OCH3 is 1. The summed E-state index contributed by atoms with van der Waals surface area (Å²) in [6.45, 7) is -0.464. The van der Waals surface area contributed by atoms with Gasteiger partial charge in [-0.25, -0.2) is 5.48 Å². The van der Waals surface area contributed by atoms with Gasteiger partial charge in [0.1, 0.15) is 0 Å². The third kappa shape index (κ3) is 6.54. The first-order valence-corrected chi connectivity index (χ1v) is 8.13. The Hall–Kier alpha value is -3.53. The van der Waals surface area contributed by atoms with E-state index in [0.29, 0.717) is 5.56 Å². The van der Waals surface area contributed by atoms with Crippen LogP contribution in [0, 0.1) is 0 Å². The van der Waals surface area contributed by atoms with E-state index in [2.05, 4.69) is 5.32 Å². The van der Waals surface area contributed by atoms with E-state index in [1.165, 1.54) is 42.9 Å². The zero-order valence-corrected chi connectivity index (χ0v) is 15.1. The van der Waals surface area contributed by atoms with Gasteiger partial charge in [-0.05, 0) is 42.0 Å². The van der Waals surface area contributed by atoms with Crippen LogP contribution in [0.1, 0.15) is 11.1 Å². The SMILES string of the molecule is COc1cc(/C=C/C(=O)NO)ccc1OCC(=O)Nc1cccc(C(F)(F)F)c1. The monoisotopic (exact) mass is 410 g/mol. The van der Waals surface area contributed by atoms with Crippen LogP contribution in [0.3, 0.4) is 0 Å². The first-order valence-electron chi connectivity index (χ1n) is 8.13. The lowest BCUT2D eigenvalue weighted by Gasteiger charge is -2.12. The van der Waals surface area contributed by atoms with E-state index in [9.17, 15) is 22.8 Å². The van der Waals surface area contributed by atoms with Crippen LogP contribution in [0.4, 0.5) is 18.9 Å². The molecule has 2 rings (SSSR count). The third-order valence-electron chi connectivity index (χ3n) is 3.56. The van der Waals surface area contributed by atoms with E-state index in [4.69, 9.17) is 14.7 Å². The largest absolute Gasteiger partial charge is 0.493 e. The normalized spacial score (nSPS) is 11.2. The van der Waals surface area contributed by atoms with Crippen LogP contribution in [-0.2, 0) is 15.8 Å². The fourth-order valence-corrected chi connectivity index (χ4v) is 2.23. The molecule has 154 valence electrons. The first kappa shape index (κ1) is 21.8. The zero-order chi connectivity index (χ0) is 21.4. The molecule has 10 heteroatoms. The number of carbonyl (C=O) groups excluding carboxylic acids is 2. The number of amides is 2. The van der Waals surface area contributed by atoms with Gasteiger partial charge < -0.3 is 14.8 Å². The molecule has 0 saturated carbocycles. The highest BCUT2D eigenvalue weighted by Gasteiger charge is 2.30. The number of anilines is 1. The molecule has 0 aliphatic rings. The number of hydrogen-bond donors (Lipinski definition) is 3. The number of hydrogen-bond acceptors (Lipinski definition) is 5. The molecule has 0 heterocycles. The molecule has 2 amide bonds. The molecule has 0 bridgehead atoms. The molecule has 0 aromatic heterocycles. The molecule has 0 saturated heterocycles. The van der Waals surface area contributed by atoms with Crippen LogP contribution in [0.15, 0.2) is 48.5 Å². The lowest BCUT2D eigenvalue weighted by molar-refractivity contribution is -0.137. The Kier molecular flexibility index (Phi) is 7.21. The predicted octanol–water partition coefficient (Wildman–Crippen LogP) is 3.25. The van der Waals surface area contributed by atoms with Gasteiger partial charge in [-0.2, -0.15) is 13.2 Å². The molecule has 0 fully saturated rings. The van der Waals surface area contributed by atoms with Crippen molar-refractivity contribution in [1.29, 1.82) is 0 Å². The van der Waals surface area contributed by atoms with Gasteiger partial charge in [0, 0.05) is 11.8 Å². The van der Waals surface area contributed by atoms with Gasteiger partial charge in [0.15, 0.2) is 18.1 Å². The topological polar surface area (TPSA) is 96.9 Å². The van der Waals surface area contributed by atoms with Crippen molar-refractivity contribution in [3.05, 3.63) is 59.7 Å². The summed E-state index contributed by atoms with van der Waals surface area (Å²) in [5.41, 5.74) is 1.12. The van der Waals surface area contributed by atoms with Crippen molar-refractivity contribution in [3.8, 4) is 11.5 Å². The number of rotatable bonds is 7. The van der Waals surface area contributed by atoms with Crippen LogP contribution in [0.5, 0.6) is 11.5 Å². The number of ether oxygens (including phenoxy) is 2. The molecule has 2 aromatic carbocycles. The standard InChI is InChI=1S/C19H17F3N2O5/c1-28-16-9-12(6-8-17(25)24-27)5-7-15(16)29-11-18(26)23-14-4-2-3-13(10-14)19(20,21)22/h2-10,27H,11H2,1H3,(H,23,26)(H,24,25)/b8-6+. The highest BCUT2D eigenvalue weighted by atomic mass is 19.4. The van der Waals surface area contributed by atoms with Crippen LogP contribution in [0.25, 0.3) is 6.08 Å². The summed E-state index contributed by atoms with van der Waals surface area (Å²) in [4.78, 5) is 23.0. The maximum atomic E-state index is 12.7. The maximum Gasteiger partial charge on any atom is 0.416 e. The van der Waals surface area contributed by atoms with Gasteiger partial charge in [-0.1, -0.05) is 12.1 Å². The highest BCUT2D eigenvalue weighted by molar-refractivity contribution is 5.92. The summed E-state index contributed by atoms with van der Waals surface area (Å²) < 4.78 is 48.7. The second kappa shape index (κ2) is 9.60. The Labute approximate surface area is 163 Å². The zero-order valence-electron chi connectivity index (χ0n) is 15.1. The van der Waals surface area contributed by atoms with Gasteiger partial charge in [0.2, 0.25) is 0 Å². The lowest BCUT2D eigenvalue weighted by atomic mass is 10.2. The molecule has 7 nitrogen and oxygen atoms in total. The number of hydroxylamine groups is 1. The average molecular weight is 410 g/mol. The Morgan fingerprint density at radius 3 is 2.55 bits per heavy atom. The smallest absolute Gasteiger partial charge is 0.416 e. The summed E-state index contributed by atoms with van der Waals surface area (Å²) in [6, 6.07) is 8.83. The molecule has 29 heavy (non-hydrogen) atoms. The summed E-state index contributed by atoms with van der Waals surface area (Å²) >= 11 is 0. The van der Waals surface area contributed by atoms with Crippen molar-refractivity contribution in [3.63, 3.8) is 0 Å². The van der Waals surface area contributed by atoms with Crippen molar-refractivity contribution in [2.45, 2.75) is 6.18 Å². The molecular formula is C19H17F3N2O5. The maximum absolute atomic E-state index is 12.7. The van der Waals surface area contributed by atoms with Gasteiger partial charge in [0.25, 0.3) is 11.8 Å². The van der Waals surface area contributed by atoms with Crippen molar-refractivity contribution in [2.75, 3.05) is 19.0 Å². The van der Waals surface area contributed by atoms with E-state index in [0.717, 1.165) is 18.2 Å². The van der Waals surface area contributed by atoms with Crippen molar-refractivity contribution >= 4 is 23.6 Å². The molecule has 0 atom stereocenters. The van der Waals surface area contributed by atoms with Crippen molar-refractivity contribution in [1.82, 2.24) is 5.48 Å². The second-order valence-corrected chi connectivity index (χ2v) is 5.64.